The van der Waals surface area contributed by atoms with Crippen molar-refractivity contribution in [1.29, 1.82) is 0 Å². The van der Waals surface area contributed by atoms with Gasteiger partial charge in [-0.25, -0.2) is 0 Å². The van der Waals surface area contributed by atoms with E-state index in [0.717, 1.165) is 25.4 Å². The van der Waals surface area contributed by atoms with Crippen LogP contribution in [0, 0.1) is 11.3 Å². The first kappa shape index (κ1) is 23.2. The summed E-state index contributed by atoms with van der Waals surface area (Å²) in [6, 6.07) is -0.422. The standard InChI is InChI=1S/C15H31N3O.2ClH/c1-5-18-10-7-12(8-11-18)6-9-17-14(19)13(16)15(2,3)4;;/h12-13H,5-11,16H2,1-4H3,(H,17,19);2*1H/t13-;;/m1../s1. The third-order valence-corrected chi connectivity index (χ3v) is 4.22. The van der Waals surface area contributed by atoms with Crippen LogP contribution in [0.5, 0.6) is 0 Å². The molecule has 21 heavy (non-hydrogen) atoms. The van der Waals surface area contributed by atoms with Crippen molar-refractivity contribution in [3.05, 3.63) is 0 Å². The van der Waals surface area contributed by atoms with Crippen LogP contribution in [0.25, 0.3) is 0 Å². The second kappa shape index (κ2) is 10.7. The lowest BCUT2D eigenvalue weighted by molar-refractivity contribution is -0.124. The number of nitrogens with one attached hydrogen (secondary N) is 1. The van der Waals surface area contributed by atoms with Gasteiger partial charge in [-0.2, -0.15) is 0 Å². The van der Waals surface area contributed by atoms with Crippen molar-refractivity contribution >= 4 is 30.7 Å². The van der Waals surface area contributed by atoms with Crippen molar-refractivity contribution in [2.75, 3.05) is 26.2 Å². The zero-order valence-electron chi connectivity index (χ0n) is 13.9. The molecule has 4 nitrogen and oxygen atoms in total. The molecule has 0 aliphatic carbocycles. The Balaban J connectivity index is 0. The van der Waals surface area contributed by atoms with E-state index in [9.17, 15) is 4.79 Å². The van der Waals surface area contributed by atoms with E-state index < -0.39 is 6.04 Å². The first-order valence-corrected chi connectivity index (χ1v) is 7.60. The Hall–Kier alpha value is -0.0300. The van der Waals surface area contributed by atoms with Gasteiger partial charge in [0.15, 0.2) is 0 Å². The summed E-state index contributed by atoms with van der Waals surface area (Å²) in [5.74, 6) is 0.743. The number of nitrogens with two attached hydrogens (primary N) is 1. The molecule has 1 amide bonds. The minimum Gasteiger partial charge on any atom is -0.355 e. The highest BCUT2D eigenvalue weighted by Crippen LogP contribution is 2.20. The summed E-state index contributed by atoms with van der Waals surface area (Å²) >= 11 is 0. The lowest BCUT2D eigenvalue weighted by Crippen LogP contribution is -2.49. The van der Waals surface area contributed by atoms with E-state index in [0.29, 0.717) is 0 Å². The molecule has 128 valence electrons. The van der Waals surface area contributed by atoms with E-state index in [4.69, 9.17) is 5.73 Å². The first-order valence-electron chi connectivity index (χ1n) is 7.60. The molecule has 1 aliphatic heterocycles. The monoisotopic (exact) mass is 341 g/mol. The predicted octanol–water partition coefficient (Wildman–Crippen LogP) is 2.44. The zero-order chi connectivity index (χ0) is 14.5. The second-order valence-electron chi connectivity index (χ2n) is 6.80. The van der Waals surface area contributed by atoms with E-state index in [1.165, 1.54) is 25.9 Å². The largest absolute Gasteiger partial charge is 0.355 e. The van der Waals surface area contributed by atoms with E-state index in [-0.39, 0.29) is 36.1 Å². The van der Waals surface area contributed by atoms with E-state index in [1.807, 2.05) is 20.8 Å². The number of piperidine rings is 1. The molecule has 0 saturated carbocycles. The van der Waals surface area contributed by atoms with Gasteiger partial charge >= 0.3 is 0 Å². The smallest absolute Gasteiger partial charge is 0.237 e. The minimum atomic E-state index is -0.422. The zero-order valence-corrected chi connectivity index (χ0v) is 15.5. The van der Waals surface area contributed by atoms with Gasteiger partial charge in [-0.1, -0.05) is 27.7 Å². The molecule has 1 heterocycles. The number of likely N-dealkylation sites (tertiary alicyclic amines) is 1. The third-order valence-electron chi connectivity index (χ3n) is 4.22. The van der Waals surface area contributed by atoms with Gasteiger partial charge in [0, 0.05) is 6.54 Å². The Morgan fingerprint density at radius 1 is 1.29 bits per heavy atom. The highest BCUT2D eigenvalue weighted by atomic mass is 35.5. The highest BCUT2D eigenvalue weighted by Gasteiger charge is 2.27. The Morgan fingerprint density at radius 2 is 1.81 bits per heavy atom. The summed E-state index contributed by atoms with van der Waals surface area (Å²) < 4.78 is 0. The first-order chi connectivity index (χ1) is 8.84. The molecule has 6 heteroatoms. The number of hydrogen-bond acceptors (Lipinski definition) is 3. The van der Waals surface area contributed by atoms with Crippen LogP contribution in [0.4, 0.5) is 0 Å². The molecule has 0 bridgehead atoms. The van der Waals surface area contributed by atoms with Crippen molar-refractivity contribution in [1.82, 2.24) is 10.2 Å². The summed E-state index contributed by atoms with van der Waals surface area (Å²) in [5, 5.41) is 2.98. The normalized spacial score (nSPS) is 18.3. The van der Waals surface area contributed by atoms with Gasteiger partial charge in [-0.3, -0.25) is 4.79 Å². The molecule has 0 aromatic rings. The molecule has 0 aromatic heterocycles. The molecule has 0 aromatic carbocycles. The molecule has 0 spiro atoms. The highest BCUT2D eigenvalue weighted by molar-refractivity contribution is 5.85. The summed E-state index contributed by atoms with van der Waals surface area (Å²) in [6.45, 7) is 12.5. The van der Waals surface area contributed by atoms with Gasteiger partial charge in [-0.05, 0) is 50.2 Å². The molecule has 1 saturated heterocycles. The van der Waals surface area contributed by atoms with Gasteiger partial charge in [0.25, 0.3) is 0 Å². The van der Waals surface area contributed by atoms with Crippen LogP contribution >= 0.6 is 24.8 Å². The number of carbonyl (C=O) groups is 1. The number of hydrogen-bond donors (Lipinski definition) is 2. The lowest BCUT2D eigenvalue weighted by Gasteiger charge is -2.31. The fourth-order valence-electron chi connectivity index (χ4n) is 2.49. The van der Waals surface area contributed by atoms with Crippen LogP contribution in [-0.4, -0.2) is 43.0 Å². The molecule has 0 radical (unpaired) electrons. The topological polar surface area (TPSA) is 58.4 Å². The van der Waals surface area contributed by atoms with Crippen molar-refractivity contribution in [2.45, 2.75) is 53.0 Å². The average Bonchev–Trinajstić information content (AvgIpc) is 2.37. The van der Waals surface area contributed by atoms with Crippen molar-refractivity contribution in [3.8, 4) is 0 Å². The Morgan fingerprint density at radius 3 is 2.24 bits per heavy atom. The predicted molar refractivity (Wildman–Crippen MR) is 94.4 cm³/mol. The van der Waals surface area contributed by atoms with E-state index in [2.05, 4.69) is 17.1 Å². The van der Waals surface area contributed by atoms with E-state index in [1.54, 1.807) is 0 Å². The summed E-state index contributed by atoms with van der Waals surface area (Å²) in [4.78, 5) is 14.4. The van der Waals surface area contributed by atoms with Crippen molar-refractivity contribution in [3.63, 3.8) is 0 Å². The molecule has 1 atom stereocenters. The Labute approximate surface area is 142 Å². The number of halogens is 2. The van der Waals surface area contributed by atoms with Crippen molar-refractivity contribution in [2.24, 2.45) is 17.1 Å². The van der Waals surface area contributed by atoms with Crippen LogP contribution in [-0.2, 0) is 4.79 Å². The fraction of sp³-hybridized carbons (Fsp3) is 0.933. The SMILES string of the molecule is CCN1CCC(CCNC(=O)[C@@H](N)C(C)(C)C)CC1.Cl.Cl. The van der Waals surface area contributed by atoms with E-state index >= 15 is 0 Å². The quantitative estimate of drug-likeness (QED) is 0.807. The van der Waals surface area contributed by atoms with Crippen LogP contribution < -0.4 is 11.1 Å². The van der Waals surface area contributed by atoms with Crippen LogP contribution in [0.15, 0.2) is 0 Å². The molecule has 3 N–H and O–H groups in total. The second-order valence-corrected chi connectivity index (χ2v) is 6.80. The van der Waals surface area contributed by atoms with Gasteiger partial charge < -0.3 is 16.0 Å². The molecule has 1 fully saturated rings. The number of nitrogens with zero attached hydrogens (tertiary/aromatic N) is 1. The summed E-state index contributed by atoms with van der Waals surface area (Å²) in [6.07, 6.45) is 3.60. The van der Waals surface area contributed by atoms with Crippen LogP contribution in [0.1, 0.15) is 47.0 Å². The average molecular weight is 342 g/mol. The van der Waals surface area contributed by atoms with Gasteiger partial charge in [0.2, 0.25) is 5.91 Å². The molecule has 1 aliphatic rings. The summed E-state index contributed by atoms with van der Waals surface area (Å²) in [7, 11) is 0. The van der Waals surface area contributed by atoms with Gasteiger partial charge in [0.1, 0.15) is 0 Å². The number of amides is 1. The molecular formula is C15H33Cl2N3O. The number of carbonyl (C=O) groups excluding carboxylic acids is 1. The number of rotatable bonds is 5. The summed E-state index contributed by atoms with van der Waals surface area (Å²) in [5.41, 5.74) is 5.76. The Kier molecular flexibility index (Phi) is 11.8. The maximum absolute atomic E-state index is 11.9. The molecule has 1 rings (SSSR count). The molecular weight excluding hydrogens is 309 g/mol. The third kappa shape index (κ3) is 8.24. The van der Waals surface area contributed by atoms with Gasteiger partial charge in [0.05, 0.1) is 6.04 Å². The van der Waals surface area contributed by atoms with Crippen LogP contribution in [0.3, 0.4) is 0 Å². The fourth-order valence-corrected chi connectivity index (χ4v) is 2.49. The van der Waals surface area contributed by atoms with Crippen molar-refractivity contribution < 1.29 is 4.79 Å². The maximum atomic E-state index is 11.9. The maximum Gasteiger partial charge on any atom is 0.237 e. The molecule has 0 unspecified atom stereocenters. The Bertz CT molecular complexity index is 287. The minimum absolute atomic E-state index is 0. The van der Waals surface area contributed by atoms with Gasteiger partial charge in [-0.15, -0.1) is 24.8 Å². The lowest BCUT2D eigenvalue weighted by atomic mass is 9.87. The van der Waals surface area contributed by atoms with Crippen LogP contribution in [0.2, 0.25) is 0 Å².